The van der Waals surface area contributed by atoms with Gasteiger partial charge in [-0.05, 0) is 28.7 Å². The number of hydrogen-bond acceptors (Lipinski definition) is 3. The summed E-state index contributed by atoms with van der Waals surface area (Å²) in [4.78, 5) is 11.0. The van der Waals surface area contributed by atoms with E-state index in [2.05, 4.69) is 31.3 Å². The van der Waals surface area contributed by atoms with Crippen LogP contribution in [0.25, 0.3) is 0 Å². The van der Waals surface area contributed by atoms with Gasteiger partial charge in [-0.2, -0.15) is 0 Å². The SMILES string of the molecule is CC(C)(CO)C(CNCc1cccc(C(=O)O)c1)c1ccccc1. The lowest BCUT2D eigenvalue weighted by Crippen LogP contribution is -2.34. The number of carbonyl (C=O) groups is 1. The maximum absolute atomic E-state index is 11.0. The summed E-state index contributed by atoms with van der Waals surface area (Å²) in [5.74, 6) is -0.758. The zero-order valence-corrected chi connectivity index (χ0v) is 14.2. The monoisotopic (exact) mass is 327 g/mol. The number of aliphatic hydroxyl groups is 1. The lowest BCUT2D eigenvalue weighted by Gasteiger charge is -2.33. The van der Waals surface area contributed by atoms with E-state index in [1.807, 2.05) is 24.3 Å². The Labute approximate surface area is 143 Å². The fourth-order valence-corrected chi connectivity index (χ4v) is 2.82. The second-order valence-corrected chi connectivity index (χ2v) is 6.75. The quantitative estimate of drug-likeness (QED) is 0.696. The predicted molar refractivity (Wildman–Crippen MR) is 95.2 cm³/mol. The highest BCUT2D eigenvalue weighted by Gasteiger charge is 2.29. The fourth-order valence-electron chi connectivity index (χ4n) is 2.82. The molecule has 0 aliphatic rings. The normalized spacial score (nSPS) is 12.8. The second-order valence-electron chi connectivity index (χ2n) is 6.75. The molecule has 1 atom stereocenters. The van der Waals surface area contributed by atoms with Crippen LogP contribution in [0.15, 0.2) is 54.6 Å². The van der Waals surface area contributed by atoms with Crippen molar-refractivity contribution in [3.8, 4) is 0 Å². The number of carboxylic acid groups (broad SMARTS) is 1. The maximum Gasteiger partial charge on any atom is 0.335 e. The number of carboxylic acids is 1. The van der Waals surface area contributed by atoms with Crippen LogP contribution in [-0.2, 0) is 6.54 Å². The predicted octanol–water partition coefficient (Wildman–Crippen LogP) is 3.28. The molecule has 0 aliphatic carbocycles. The summed E-state index contributed by atoms with van der Waals surface area (Å²) in [5, 5.41) is 22.2. The van der Waals surface area contributed by atoms with E-state index in [0.29, 0.717) is 18.7 Å². The van der Waals surface area contributed by atoms with Crippen molar-refractivity contribution in [3.63, 3.8) is 0 Å². The van der Waals surface area contributed by atoms with Gasteiger partial charge in [-0.25, -0.2) is 4.79 Å². The number of aromatic carboxylic acids is 1. The number of benzene rings is 2. The van der Waals surface area contributed by atoms with E-state index in [1.165, 1.54) is 5.56 Å². The van der Waals surface area contributed by atoms with Crippen molar-refractivity contribution >= 4 is 5.97 Å². The minimum absolute atomic E-state index is 0.0999. The minimum Gasteiger partial charge on any atom is -0.478 e. The molecule has 0 bridgehead atoms. The van der Waals surface area contributed by atoms with Crippen molar-refractivity contribution in [2.75, 3.05) is 13.2 Å². The number of rotatable bonds is 8. The summed E-state index contributed by atoms with van der Waals surface area (Å²) in [6.07, 6.45) is 0. The van der Waals surface area contributed by atoms with Crippen LogP contribution in [0.2, 0.25) is 0 Å². The van der Waals surface area contributed by atoms with Gasteiger partial charge in [0, 0.05) is 25.6 Å². The molecule has 1 unspecified atom stereocenters. The molecule has 0 aromatic heterocycles. The Hall–Kier alpha value is -2.17. The molecule has 0 fully saturated rings. The number of aliphatic hydroxyl groups excluding tert-OH is 1. The first-order chi connectivity index (χ1) is 11.4. The summed E-state index contributed by atoms with van der Waals surface area (Å²) in [5.41, 5.74) is 2.16. The van der Waals surface area contributed by atoms with Crippen molar-refractivity contribution in [2.24, 2.45) is 5.41 Å². The third kappa shape index (κ3) is 4.66. The Morgan fingerprint density at radius 3 is 2.46 bits per heavy atom. The van der Waals surface area contributed by atoms with Crippen molar-refractivity contribution in [1.82, 2.24) is 5.32 Å². The molecule has 0 aliphatic heterocycles. The van der Waals surface area contributed by atoms with Gasteiger partial charge in [-0.1, -0.05) is 56.3 Å². The van der Waals surface area contributed by atoms with Gasteiger partial charge in [0.2, 0.25) is 0 Å². The Balaban J connectivity index is 2.06. The molecule has 128 valence electrons. The number of nitrogens with one attached hydrogen (secondary N) is 1. The topological polar surface area (TPSA) is 69.6 Å². The largest absolute Gasteiger partial charge is 0.478 e. The highest BCUT2D eigenvalue weighted by Crippen LogP contribution is 2.34. The highest BCUT2D eigenvalue weighted by molar-refractivity contribution is 5.87. The molecule has 2 rings (SSSR count). The van der Waals surface area contributed by atoms with Crippen LogP contribution in [0.3, 0.4) is 0 Å². The molecule has 3 N–H and O–H groups in total. The molecule has 24 heavy (non-hydrogen) atoms. The van der Waals surface area contributed by atoms with Crippen LogP contribution < -0.4 is 5.32 Å². The van der Waals surface area contributed by atoms with Crippen molar-refractivity contribution in [2.45, 2.75) is 26.3 Å². The Morgan fingerprint density at radius 2 is 1.83 bits per heavy atom. The van der Waals surface area contributed by atoms with Gasteiger partial charge in [-0.15, -0.1) is 0 Å². The standard InChI is InChI=1S/C20H25NO3/c1-20(2,14-22)18(16-8-4-3-5-9-16)13-21-12-15-7-6-10-17(11-15)19(23)24/h3-11,18,21-22H,12-14H2,1-2H3,(H,23,24). The zero-order valence-electron chi connectivity index (χ0n) is 14.2. The Kier molecular flexibility index (Phi) is 6.12. The Bertz CT molecular complexity index is 668. The molecule has 2 aromatic carbocycles. The first kappa shape index (κ1) is 18.2. The second kappa shape index (κ2) is 8.08. The van der Waals surface area contributed by atoms with Crippen LogP contribution in [0.1, 0.15) is 41.3 Å². The first-order valence-corrected chi connectivity index (χ1v) is 8.13. The van der Waals surface area contributed by atoms with Gasteiger partial charge >= 0.3 is 5.97 Å². The van der Waals surface area contributed by atoms with E-state index in [0.717, 1.165) is 5.56 Å². The molecule has 0 spiro atoms. The molecular weight excluding hydrogens is 302 g/mol. The lowest BCUT2D eigenvalue weighted by atomic mass is 9.75. The molecule has 0 heterocycles. The van der Waals surface area contributed by atoms with E-state index in [1.54, 1.807) is 18.2 Å². The minimum atomic E-state index is -0.916. The van der Waals surface area contributed by atoms with E-state index in [4.69, 9.17) is 5.11 Å². The summed E-state index contributed by atoms with van der Waals surface area (Å²) in [6.45, 7) is 5.50. The van der Waals surface area contributed by atoms with Gasteiger partial charge in [0.25, 0.3) is 0 Å². The lowest BCUT2D eigenvalue weighted by molar-refractivity contribution is 0.0696. The molecule has 2 aromatic rings. The van der Waals surface area contributed by atoms with Gasteiger partial charge in [0.05, 0.1) is 5.56 Å². The van der Waals surface area contributed by atoms with Crippen molar-refractivity contribution in [1.29, 1.82) is 0 Å². The van der Waals surface area contributed by atoms with Crippen LogP contribution in [0, 0.1) is 5.41 Å². The molecule has 0 radical (unpaired) electrons. The van der Waals surface area contributed by atoms with Crippen LogP contribution in [-0.4, -0.2) is 29.3 Å². The van der Waals surface area contributed by atoms with Crippen molar-refractivity contribution < 1.29 is 15.0 Å². The molecule has 4 nitrogen and oxygen atoms in total. The summed E-state index contributed by atoms with van der Waals surface area (Å²) in [7, 11) is 0. The summed E-state index contributed by atoms with van der Waals surface area (Å²) >= 11 is 0. The van der Waals surface area contributed by atoms with Crippen molar-refractivity contribution in [3.05, 3.63) is 71.3 Å². The number of hydrogen-bond donors (Lipinski definition) is 3. The highest BCUT2D eigenvalue weighted by atomic mass is 16.4. The summed E-state index contributed by atoms with van der Waals surface area (Å²) < 4.78 is 0. The molecule has 0 amide bonds. The van der Waals surface area contributed by atoms with Gasteiger partial charge < -0.3 is 15.5 Å². The molecule has 0 saturated carbocycles. The third-order valence-electron chi connectivity index (χ3n) is 4.40. The van der Waals surface area contributed by atoms with Gasteiger partial charge in [-0.3, -0.25) is 0 Å². The van der Waals surface area contributed by atoms with Gasteiger partial charge in [0.15, 0.2) is 0 Å². The van der Waals surface area contributed by atoms with E-state index in [-0.39, 0.29) is 17.9 Å². The zero-order chi connectivity index (χ0) is 17.6. The van der Waals surface area contributed by atoms with Crippen LogP contribution in [0.4, 0.5) is 0 Å². The van der Waals surface area contributed by atoms with Crippen LogP contribution in [0.5, 0.6) is 0 Å². The molecule has 4 heteroatoms. The smallest absolute Gasteiger partial charge is 0.335 e. The van der Waals surface area contributed by atoms with E-state index >= 15 is 0 Å². The fraction of sp³-hybridized carbons (Fsp3) is 0.350. The van der Waals surface area contributed by atoms with Crippen LogP contribution >= 0.6 is 0 Å². The van der Waals surface area contributed by atoms with E-state index < -0.39 is 5.97 Å². The first-order valence-electron chi connectivity index (χ1n) is 8.13. The third-order valence-corrected chi connectivity index (χ3v) is 4.40. The van der Waals surface area contributed by atoms with E-state index in [9.17, 15) is 9.90 Å². The average molecular weight is 327 g/mol. The average Bonchev–Trinajstić information content (AvgIpc) is 2.59. The Morgan fingerprint density at radius 1 is 1.12 bits per heavy atom. The molecule has 0 saturated heterocycles. The maximum atomic E-state index is 11.0. The van der Waals surface area contributed by atoms with Gasteiger partial charge in [0.1, 0.15) is 0 Å². The molecular formula is C20H25NO3. The summed E-state index contributed by atoms with van der Waals surface area (Å²) in [6, 6.07) is 17.1.